The third-order valence-corrected chi connectivity index (χ3v) is 24.6. The van der Waals surface area contributed by atoms with Crippen molar-refractivity contribution in [1.82, 2.24) is 64.2 Å². The third kappa shape index (κ3) is 33.0. The van der Waals surface area contributed by atoms with Gasteiger partial charge >= 0.3 is 0 Å². The van der Waals surface area contributed by atoms with Gasteiger partial charge in [-0.15, -0.1) is 0 Å². The van der Waals surface area contributed by atoms with Gasteiger partial charge in [0.1, 0.15) is 32.7 Å². The van der Waals surface area contributed by atoms with Crippen molar-refractivity contribution in [3.05, 3.63) is 251 Å². The van der Waals surface area contributed by atoms with Crippen molar-refractivity contribution < 1.29 is 57.5 Å². The molecule has 1 heterocycles. The van der Waals surface area contributed by atoms with E-state index in [1.54, 1.807) is 90.1 Å². The Kier molecular flexibility index (Phi) is 44.9. The second kappa shape index (κ2) is 56.4. The van der Waals surface area contributed by atoms with E-state index >= 15 is 43.2 Å². The predicted molar refractivity (Wildman–Crippen MR) is 518 cm³/mol. The van der Waals surface area contributed by atoms with Crippen LogP contribution < -0.4 is 39.7 Å². The first-order valence-electron chi connectivity index (χ1n) is 46.7. The lowest BCUT2D eigenvalue weighted by molar-refractivity contribution is -0.151. The number of carbonyl (C=O) groups excluding carboxylic acids is 12. The van der Waals surface area contributed by atoms with Crippen LogP contribution in [0.5, 0.6) is 0 Å². The number of aromatic amines is 1. The molecule has 0 fully saturated rings. The number of nitrogens with one attached hydrogen (secondary N) is 2. The molecular formula is C102H141N19O12. The molecule has 0 aliphatic rings. The molecule has 31 heteroatoms. The number of nitrogens with two attached hydrogens (primary N) is 6. The van der Waals surface area contributed by atoms with Crippen LogP contribution in [0.2, 0.25) is 0 Å². The summed E-state index contributed by atoms with van der Waals surface area (Å²) in [5.41, 5.74) is 41.4. The second-order valence-corrected chi connectivity index (χ2v) is 34.0. The van der Waals surface area contributed by atoms with E-state index in [1.165, 1.54) is 53.9 Å². The Hall–Kier alpha value is -12.5. The van der Waals surface area contributed by atoms with Gasteiger partial charge in [0.25, 0.3) is 0 Å². The molecular weight excluding hydrogens is 1680 g/mol. The van der Waals surface area contributed by atoms with Gasteiger partial charge in [-0.05, 0) is 196 Å². The smallest absolute Gasteiger partial charge is 0.243 e. The van der Waals surface area contributed by atoms with E-state index in [9.17, 15) is 14.4 Å². The first-order chi connectivity index (χ1) is 64.2. The lowest BCUT2D eigenvalue weighted by Gasteiger charge is -2.37. The first kappa shape index (κ1) is 106. The van der Waals surface area contributed by atoms with Gasteiger partial charge in [0.15, 0.2) is 0 Å². The number of nitrogens with zero attached hydrogens (tertiary/aromatic N) is 11. The summed E-state index contributed by atoms with van der Waals surface area (Å²) in [6, 6.07) is 57.5. The minimum absolute atomic E-state index is 0.0131. The van der Waals surface area contributed by atoms with Gasteiger partial charge in [-0.1, -0.05) is 200 Å². The van der Waals surface area contributed by atoms with E-state index in [-0.39, 0.29) is 77.8 Å². The Morgan fingerprint density at radius 3 is 0.797 bits per heavy atom. The first-order valence-corrected chi connectivity index (χ1v) is 46.7. The molecule has 1 aromatic heterocycles. The quantitative estimate of drug-likeness (QED) is 0.0167. The fourth-order valence-corrected chi connectivity index (χ4v) is 16.3. The number of fused-ring (bicyclic) bond motifs is 1. The maximum atomic E-state index is 16.0. The molecule has 0 radical (unpaired) electrons. The molecule has 31 nitrogen and oxygen atoms in total. The molecule has 716 valence electrons. The zero-order chi connectivity index (χ0) is 96.1. The molecule has 8 aromatic rings. The fraction of sp³-hybridized carbons (Fsp3) is 0.451. The molecule has 133 heavy (non-hydrogen) atoms. The van der Waals surface area contributed by atoms with E-state index in [0.29, 0.717) is 98.8 Å². The van der Waals surface area contributed by atoms with Gasteiger partial charge in [0, 0.05) is 49.8 Å². The predicted octanol–water partition coefficient (Wildman–Crippen LogP) is 8.16. The number of para-hydroxylation sites is 1. The molecule has 14 N–H and O–H groups in total. The van der Waals surface area contributed by atoms with Gasteiger partial charge in [-0.2, -0.15) is 0 Å². The Morgan fingerprint density at radius 2 is 0.504 bits per heavy atom. The molecule has 0 bridgehead atoms. The van der Waals surface area contributed by atoms with Crippen molar-refractivity contribution in [1.29, 1.82) is 0 Å². The second-order valence-electron chi connectivity index (χ2n) is 34.0. The van der Waals surface area contributed by atoms with Crippen LogP contribution in [0.1, 0.15) is 181 Å². The van der Waals surface area contributed by atoms with Gasteiger partial charge in [0.05, 0.1) is 82.1 Å². The lowest BCUT2D eigenvalue weighted by atomic mass is 10.0. The van der Waals surface area contributed by atoms with E-state index in [4.69, 9.17) is 34.4 Å². The van der Waals surface area contributed by atoms with Crippen molar-refractivity contribution in [2.45, 2.75) is 148 Å². The van der Waals surface area contributed by atoms with Crippen molar-refractivity contribution in [3.8, 4) is 0 Å². The number of aromatic nitrogens is 1. The third-order valence-electron chi connectivity index (χ3n) is 24.6. The van der Waals surface area contributed by atoms with E-state index in [1.807, 2.05) is 164 Å². The number of carbonyl (C=O) groups is 12. The van der Waals surface area contributed by atoms with Crippen LogP contribution >= 0.6 is 0 Å². The molecule has 0 spiro atoms. The van der Waals surface area contributed by atoms with E-state index < -0.39 is 167 Å². The highest BCUT2D eigenvalue weighted by atomic mass is 16.2. The normalized spacial score (nSPS) is 12.5. The van der Waals surface area contributed by atoms with Gasteiger partial charge in [-0.25, -0.2) is 0 Å². The molecule has 0 unspecified atom stereocenters. The summed E-state index contributed by atoms with van der Waals surface area (Å²) in [6.07, 6.45) is 7.10. The number of hydrogen-bond donors (Lipinski definition) is 8. The lowest BCUT2D eigenvalue weighted by Crippen LogP contribution is -2.54. The van der Waals surface area contributed by atoms with Crippen molar-refractivity contribution in [3.63, 3.8) is 0 Å². The zero-order valence-corrected chi connectivity index (χ0v) is 78.5. The molecule has 8 rings (SSSR count). The molecule has 0 aliphatic heterocycles. The molecule has 12 amide bonds. The number of primary amides is 1. The van der Waals surface area contributed by atoms with Crippen LogP contribution in [-0.4, -0.2) is 280 Å². The Morgan fingerprint density at radius 1 is 0.271 bits per heavy atom. The summed E-state index contributed by atoms with van der Waals surface area (Å²) in [7, 11) is 0. The van der Waals surface area contributed by atoms with Crippen LogP contribution in [-0.2, 0) is 64.0 Å². The average molecular weight is 1830 g/mol. The Balaban J connectivity index is 1.12. The summed E-state index contributed by atoms with van der Waals surface area (Å²) < 4.78 is 0. The number of hydrogen-bond acceptors (Lipinski definition) is 18. The largest absolute Gasteiger partial charge is 0.368 e. The number of rotatable bonds is 59. The van der Waals surface area contributed by atoms with Crippen LogP contribution in [0.15, 0.2) is 212 Å². The maximum Gasteiger partial charge on any atom is 0.243 e. The highest BCUT2D eigenvalue weighted by Gasteiger charge is 2.39. The number of unbranched alkanes of at least 4 members (excludes halogenated alkanes) is 5. The Bertz CT molecular complexity index is 4950. The molecule has 7 aromatic carbocycles. The summed E-state index contributed by atoms with van der Waals surface area (Å²) in [5.74, 6) is -7.25. The monoisotopic (exact) mass is 1820 g/mol. The molecule has 6 atom stereocenters. The average Bonchev–Trinajstić information content (AvgIpc) is 1.79. The number of benzene rings is 7. The van der Waals surface area contributed by atoms with Crippen LogP contribution in [0, 0.1) is 0 Å². The molecule has 0 saturated carbocycles. The topological polar surface area (TPSA) is 424 Å². The number of H-pyrrole nitrogens is 1. The van der Waals surface area contributed by atoms with Gasteiger partial charge < -0.3 is 98.6 Å². The van der Waals surface area contributed by atoms with Gasteiger partial charge in [-0.3, -0.25) is 57.5 Å². The van der Waals surface area contributed by atoms with Crippen molar-refractivity contribution in [2.24, 2.45) is 34.4 Å². The molecule has 0 aliphatic carbocycles. The van der Waals surface area contributed by atoms with Gasteiger partial charge in [0.2, 0.25) is 70.9 Å². The summed E-state index contributed by atoms with van der Waals surface area (Å²) in [5, 5.41) is 4.05. The minimum Gasteiger partial charge on any atom is -0.368 e. The summed E-state index contributed by atoms with van der Waals surface area (Å²) in [6.45, 7) is 7.02. The maximum absolute atomic E-state index is 16.0. The zero-order valence-electron chi connectivity index (χ0n) is 78.5. The summed E-state index contributed by atoms with van der Waals surface area (Å²) in [4.78, 5) is 201. The Labute approximate surface area is 784 Å². The minimum atomic E-state index is -0.853. The highest BCUT2D eigenvalue weighted by molar-refractivity contribution is 5.96. The highest BCUT2D eigenvalue weighted by Crippen LogP contribution is 2.30. The van der Waals surface area contributed by atoms with Crippen LogP contribution in [0.25, 0.3) is 10.9 Å². The van der Waals surface area contributed by atoms with Crippen molar-refractivity contribution >= 4 is 81.8 Å². The molecule has 0 saturated heterocycles. The van der Waals surface area contributed by atoms with Crippen molar-refractivity contribution in [2.75, 3.05) is 151 Å². The van der Waals surface area contributed by atoms with E-state index in [0.717, 1.165) is 34.9 Å². The fourth-order valence-electron chi connectivity index (χ4n) is 16.3. The van der Waals surface area contributed by atoms with E-state index in [2.05, 4.69) is 10.3 Å². The van der Waals surface area contributed by atoms with Crippen LogP contribution in [0.3, 0.4) is 0 Å². The SMILES string of the molecule is C[C@@H](c1ccccc1)N(CC(N)=O)C(=O)CN(C(=O)CN(CCCCN)C(=O)CN(C(=O)CN(C(=O)CN(CCCCN)C(=O)CN(CCc1c[nH]c2ccccc12)C(=O)CN(C(=O)CN(CCCCN)C(=O)CN(C(=O)CN(CCCCN)C(=O)CNCCCCN)[C@@H](C)c1ccccc1)[C@@H](C)c1ccccc1)[C@@H](C)c1ccccc1)[C@@H](C)c1ccccc1)[C@@H](C)c1ccccc1. The van der Waals surface area contributed by atoms with Crippen LogP contribution in [0.4, 0.5) is 0 Å². The standard InChI is InChI=1S/C102H141N19O12/c1-76(82-37-13-7-14-38-82)116(65-91(108)122)101(132)74-120(80(5)86-45-21-11-22-46-86)100(131)70-114(61-36-31-56-107)95(126)72-119(79(4)85-43-19-10-20-44-85)102(133)75-121(81(6)87-47-23-12-24-48-87)99(130)68-112(59-34-29-54-105)93(124)66-115(62-51-88-63-110-90-50-26-25-49-89(88)90)96(127)73-118(78(3)84-41-17-9-18-42-84)98(129)69-113(60-35-30-55-106)94(125)71-117(77(2)83-39-15-8-16-40-83)97(128)67-111(58-33-28-53-104)92(123)64-109-57-32-27-52-103/h7-26,37-50,63,76-81,109-110H,27-36,51-62,64-75,103-107H2,1-6H3,(H2,108,122)/t76-,77-,78-,79-,80-,81-/m0/s1. The summed E-state index contributed by atoms with van der Waals surface area (Å²) >= 11 is 0. The number of amides is 12.